The van der Waals surface area contributed by atoms with Crippen LogP contribution in [0.3, 0.4) is 0 Å². The third kappa shape index (κ3) is 4.98. The number of fused-ring (bicyclic) bond motifs is 4. The van der Waals surface area contributed by atoms with Crippen LogP contribution in [-0.2, 0) is 13.6 Å². The van der Waals surface area contributed by atoms with E-state index in [0.717, 1.165) is 45.7 Å². The number of rotatable bonds is 5. The Hall–Kier alpha value is -4.21. The molecular formula is C27H33N9O3. The second-order valence-electron chi connectivity index (χ2n) is 9.79. The van der Waals surface area contributed by atoms with E-state index in [2.05, 4.69) is 32.2 Å². The Kier molecular flexibility index (Phi) is 7.36. The van der Waals surface area contributed by atoms with Gasteiger partial charge in [0.15, 0.2) is 6.61 Å². The van der Waals surface area contributed by atoms with Gasteiger partial charge in [-0.15, -0.1) is 5.10 Å². The molecule has 0 aromatic carbocycles. The molecule has 39 heavy (non-hydrogen) atoms. The van der Waals surface area contributed by atoms with Crippen LogP contribution in [0, 0.1) is 18.3 Å². The molecule has 5 rings (SSSR count). The van der Waals surface area contributed by atoms with Crippen LogP contribution in [0.15, 0.2) is 12.3 Å². The summed E-state index contributed by atoms with van der Waals surface area (Å²) in [6.07, 6.45) is 5.41. The lowest BCUT2D eigenvalue weighted by molar-refractivity contribution is 0.132. The zero-order valence-electron chi connectivity index (χ0n) is 22.8. The smallest absolute Gasteiger partial charge is 0.241 e. The highest BCUT2D eigenvalue weighted by atomic mass is 16.5. The van der Waals surface area contributed by atoms with Crippen LogP contribution >= 0.6 is 0 Å². The normalized spacial score (nSPS) is 17.5. The quantitative estimate of drug-likeness (QED) is 0.397. The van der Waals surface area contributed by atoms with Crippen molar-refractivity contribution in [3.8, 4) is 29.1 Å². The van der Waals surface area contributed by atoms with Crippen LogP contribution in [0.2, 0.25) is 0 Å². The number of aliphatic hydroxyl groups excluding tert-OH is 1. The molecule has 2 N–H and O–H groups in total. The summed E-state index contributed by atoms with van der Waals surface area (Å²) in [4.78, 5) is 6.94. The average Bonchev–Trinajstić information content (AvgIpc) is 3.57. The van der Waals surface area contributed by atoms with Gasteiger partial charge in [0.1, 0.15) is 12.2 Å². The summed E-state index contributed by atoms with van der Waals surface area (Å²) in [5, 5.41) is 36.9. The van der Waals surface area contributed by atoms with Crippen molar-refractivity contribution in [2.24, 2.45) is 7.05 Å². The number of hydrogen-bond acceptors (Lipinski definition) is 9. The zero-order chi connectivity index (χ0) is 27.7. The highest BCUT2D eigenvalue weighted by Gasteiger charge is 2.26. The van der Waals surface area contributed by atoms with Crippen LogP contribution in [0.25, 0.3) is 34.3 Å². The number of H-pyrrole nitrogens is 1. The van der Waals surface area contributed by atoms with Crippen LogP contribution in [-0.4, -0.2) is 77.2 Å². The molecule has 1 aliphatic rings. The van der Waals surface area contributed by atoms with Crippen molar-refractivity contribution in [2.75, 3.05) is 26.3 Å². The Balaban J connectivity index is 1.73. The second kappa shape index (κ2) is 10.9. The van der Waals surface area contributed by atoms with Gasteiger partial charge in [-0.2, -0.15) is 15.5 Å². The molecule has 4 aromatic rings. The number of aliphatic hydroxyl groups is 1. The molecule has 0 saturated heterocycles. The van der Waals surface area contributed by atoms with Crippen molar-refractivity contribution in [2.45, 2.75) is 46.4 Å². The Labute approximate surface area is 226 Å². The van der Waals surface area contributed by atoms with E-state index in [1.165, 1.54) is 0 Å². The van der Waals surface area contributed by atoms with E-state index in [9.17, 15) is 5.11 Å². The van der Waals surface area contributed by atoms with E-state index in [1.807, 2.05) is 52.1 Å². The van der Waals surface area contributed by atoms with Gasteiger partial charge in [-0.1, -0.05) is 6.92 Å². The molecule has 0 aliphatic carbocycles. The number of likely N-dealkylation sites (N-methyl/N-ethyl adjacent to an activating group) is 1. The Morgan fingerprint density at radius 3 is 2.90 bits per heavy atom. The molecule has 1 aliphatic heterocycles. The molecule has 12 nitrogen and oxygen atoms in total. The number of aryl methyl sites for hydroxylation is 2. The number of ether oxygens (including phenoxy) is 2. The van der Waals surface area contributed by atoms with Crippen molar-refractivity contribution >= 4 is 23.1 Å². The first-order valence-corrected chi connectivity index (χ1v) is 13.0. The highest BCUT2D eigenvalue weighted by molar-refractivity contribution is 5.92. The number of nitriles is 1. The van der Waals surface area contributed by atoms with Gasteiger partial charge in [-0.3, -0.25) is 19.7 Å². The van der Waals surface area contributed by atoms with E-state index in [0.29, 0.717) is 30.5 Å². The summed E-state index contributed by atoms with van der Waals surface area (Å²) < 4.78 is 15.8. The van der Waals surface area contributed by atoms with Crippen molar-refractivity contribution in [3.05, 3.63) is 34.9 Å². The molecule has 2 atom stereocenters. The number of pyridine rings is 1. The molecule has 0 fully saturated rings. The monoisotopic (exact) mass is 531 g/mol. The molecule has 4 aromatic heterocycles. The van der Waals surface area contributed by atoms with E-state index >= 15 is 0 Å². The lowest BCUT2D eigenvalue weighted by Gasteiger charge is -2.26. The molecule has 5 heterocycles. The molecule has 0 saturated carbocycles. The number of aromatic nitrogens is 7. The fourth-order valence-electron chi connectivity index (χ4n) is 4.97. The first kappa shape index (κ1) is 26.4. The maximum absolute atomic E-state index is 9.99. The van der Waals surface area contributed by atoms with Gasteiger partial charge in [0.2, 0.25) is 11.8 Å². The van der Waals surface area contributed by atoms with Crippen molar-refractivity contribution in [1.82, 2.24) is 39.6 Å². The van der Waals surface area contributed by atoms with Crippen LogP contribution in [0.1, 0.15) is 49.5 Å². The number of aromatic amines is 1. The molecule has 204 valence electrons. The first-order chi connectivity index (χ1) is 18.8. The molecule has 12 heteroatoms. The summed E-state index contributed by atoms with van der Waals surface area (Å²) in [6, 6.07) is 3.72. The van der Waals surface area contributed by atoms with Gasteiger partial charge in [0.05, 0.1) is 58.3 Å². The second-order valence-corrected chi connectivity index (χ2v) is 9.79. The molecular weight excluding hydrogens is 498 g/mol. The van der Waals surface area contributed by atoms with Gasteiger partial charge in [0.25, 0.3) is 0 Å². The van der Waals surface area contributed by atoms with Crippen molar-refractivity contribution in [3.63, 3.8) is 0 Å². The molecule has 0 unspecified atom stereocenters. The summed E-state index contributed by atoms with van der Waals surface area (Å²) in [5.41, 5.74) is 5.54. The van der Waals surface area contributed by atoms with E-state index < -0.39 is 0 Å². The van der Waals surface area contributed by atoms with Crippen molar-refractivity contribution in [1.29, 1.82) is 5.26 Å². The number of nitrogens with one attached hydrogen (secondary N) is 1. The predicted molar refractivity (Wildman–Crippen MR) is 146 cm³/mol. The van der Waals surface area contributed by atoms with Crippen molar-refractivity contribution < 1.29 is 14.6 Å². The third-order valence-corrected chi connectivity index (χ3v) is 6.93. The van der Waals surface area contributed by atoms with Crippen LogP contribution < -0.4 is 9.47 Å². The van der Waals surface area contributed by atoms with Gasteiger partial charge < -0.3 is 14.6 Å². The lowest BCUT2D eigenvalue weighted by Crippen LogP contribution is -2.35. The van der Waals surface area contributed by atoms with Gasteiger partial charge in [-0.25, -0.2) is 4.68 Å². The van der Waals surface area contributed by atoms with Gasteiger partial charge in [-0.05, 0) is 45.5 Å². The Bertz CT molecular complexity index is 1560. The topological polar surface area (TPSA) is 143 Å². The Morgan fingerprint density at radius 2 is 2.15 bits per heavy atom. The molecule has 2 bridgehead atoms. The zero-order valence-corrected chi connectivity index (χ0v) is 22.8. The number of hydrogen-bond donors (Lipinski definition) is 2. The van der Waals surface area contributed by atoms with E-state index in [-0.39, 0.29) is 25.4 Å². The standard InChI is InChI=1S/C27H33N9O3/c1-6-35-13-17(3)39-27-25(18(4)32-34(27)5)22-11-20-21(30-31-23(20)12-29-22)8-7-19-24(14-35)36(16(2)15-37)33-26(19)38-10-9-28/h7-8,11-12,16-17,37H,6,10,13-15H2,1-5H3,(H,30,31)/b8-7+/t16-,17+/m0/s1. The minimum atomic E-state index is -0.291. The summed E-state index contributed by atoms with van der Waals surface area (Å²) in [7, 11) is 1.87. The summed E-state index contributed by atoms with van der Waals surface area (Å²) in [5.74, 6) is 0.995. The predicted octanol–water partition coefficient (Wildman–Crippen LogP) is 3.09. The van der Waals surface area contributed by atoms with Crippen LogP contribution in [0.5, 0.6) is 11.8 Å². The summed E-state index contributed by atoms with van der Waals surface area (Å²) >= 11 is 0. The fraction of sp³-hybridized carbons (Fsp3) is 0.444. The average molecular weight is 532 g/mol. The summed E-state index contributed by atoms with van der Waals surface area (Å²) in [6.45, 7) is 9.65. The molecule has 0 radical (unpaired) electrons. The largest absolute Gasteiger partial charge is 0.473 e. The highest BCUT2D eigenvalue weighted by Crippen LogP contribution is 2.35. The number of nitrogens with zero attached hydrogens (tertiary/aromatic N) is 8. The Morgan fingerprint density at radius 1 is 1.33 bits per heavy atom. The first-order valence-electron chi connectivity index (χ1n) is 13.0. The van der Waals surface area contributed by atoms with E-state index in [4.69, 9.17) is 19.7 Å². The van der Waals surface area contributed by atoms with E-state index in [1.54, 1.807) is 15.6 Å². The maximum Gasteiger partial charge on any atom is 0.241 e. The molecule has 0 amide bonds. The van der Waals surface area contributed by atoms with Crippen LogP contribution in [0.4, 0.5) is 0 Å². The lowest BCUT2D eigenvalue weighted by atomic mass is 10.1. The van der Waals surface area contributed by atoms with Gasteiger partial charge >= 0.3 is 0 Å². The minimum absolute atomic E-state index is 0.0937. The molecule has 0 spiro atoms. The van der Waals surface area contributed by atoms with Gasteiger partial charge in [0, 0.05) is 25.5 Å². The third-order valence-electron chi connectivity index (χ3n) is 6.93. The minimum Gasteiger partial charge on any atom is -0.473 e. The SMILES string of the molecule is CCN1Cc2c(c(OCC#N)nn2[C@@H](C)CO)/C=C/c2n[nH]c3cnc(cc23)-c2c(C)nn(C)c2O[C@H](C)C1. The maximum atomic E-state index is 9.99. The fourth-order valence-corrected chi connectivity index (χ4v) is 4.97.